The van der Waals surface area contributed by atoms with E-state index in [0.29, 0.717) is 5.69 Å². The van der Waals surface area contributed by atoms with Gasteiger partial charge in [-0.3, -0.25) is 10.1 Å². The predicted octanol–water partition coefficient (Wildman–Crippen LogP) is 4.12. The molecule has 2 rings (SSSR count). The number of aromatic nitrogens is 1. The van der Waals surface area contributed by atoms with Crippen LogP contribution in [0.15, 0.2) is 30.3 Å². The lowest BCUT2D eigenvalue weighted by molar-refractivity contribution is -0.385. The van der Waals surface area contributed by atoms with Crippen molar-refractivity contribution in [2.24, 2.45) is 0 Å². The lowest BCUT2D eigenvalue weighted by Crippen LogP contribution is -2.07. The van der Waals surface area contributed by atoms with Gasteiger partial charge in [-0.1, -0.05) is 18.2 Å². The first-order chi connectivity index (χ1) is 10.4. The minimum Gasteiger partial charge on any atom is -0.472 e. The van der Waals surface area contributed by atoms with Crippen molar-refractivity contribution in [2.45, 2.75) is 26.9 Å². The highest BCUT2D eigenvalue weighted by molar-refractivity contribution is 5.46. The van der Waals surface area contributed by atoms with E-state index in [1.807, 2.05) is 0 Å². The summed E-state index contributed by atoms with van der Waals surface area (Å²) in [4.78, 5) is 14.5. The Morgan fingerprint density at radius 1 is 1.27 bits per heavy atom. The molecule has 0 radical (unpaired) electrons. The van der Waals surface area contributed by atoms with Crippen LogP contribution in [0.2, 0.25) is 0 Å². The fraction of sp³-hybridized carbons (Fsp3) is 0.267. The Balaban J connectivity index is 2.36. The van der Waals surface area contributed by atoms with Crippen LogP contribution >= 0.6 is 0 Å². The van der Waals surface area contributed by atoms with E-state index in [4.69, 9.17) is 4.74 Å². The van der Waals surface area contributed by atoms with Gasteiger partial charge in [0.05, 0.1) is 10.5 Å². The highest BCUT2D eigenvalue weighted by Gasteiger charge is 2.23. The molecule has 0 bridgehead atoms. The Hall–Kier alpha value is -2.57. The third-order valence-electron chi connectivity index (χ3n) is 3.16. The highest BCUT2D eigenvalue weighted by Crippen LogP contribution is 2.31. The molecule has 1 aromatic carbocycles. The molecule has 5 nitrogen and oxygen atoms in total. The van der Waals surface area contributed by atoms with Crippen molar-refractivity contribution >= 4 is 5.69 Å². The lowest BCUT2D eigenvalue weighted by atomic mass is 10.1. The molecule has 0 unspecified atom stereocenters. The first kappa shape index (κ1) is 15.8. The second-order valence-corrected chi connectivity index (χ2v) is 4.77. The molecule has 0 fully saturated rings. The second kappa shape index (κ2) is 6.46. The van der Waals surface area contributed by atoms with E-state index in [2.05, 4.69) is 4.98 Å². The summed E-state index contributed by atoms with van der Waals surface area (Å²) in [6.07, 6.45) is -2.81. The van der Waals surface area contributed by atoms with Crippen LogP contribution < -0.4 is 4.74 Å². The number of nitro groups is 1. The van der Waals surface area contributed by atoms with Gasteiger partial charge in [0.2, 0.25) is 5.88 Å². The van der Waals surface area contributed by atoms with Crippen LogP contribution in [-0.2, 0) is 6.61 Å². The Labute approximate surface area is 125 Å². The van der Waals surface area contributed by atoms with Gasteiger partial charge >= 0.3 is 0 Å². The molecular weight excluding hydrogens is 294 g/mol. The Bertz CT molecular complexity index is 705. The van der Waals surface area contributed by atoms with Crippen LogP contribution in [0.4, 0.5) is 14.5 Å². The van der Waals surface area contributed by atoms with Gasteiger partial charge in [0.1, 0.15) is 6.61 Å². The van der Waals surface area contributed by atoms with Crippen LogP contribution in [0.3, 0.4) is 0 Å². The highest BCUT2D eigenvalue weighted by atomic mass is 19.3. The summed E-state index contributed by atoms with van der Waals surface area (Å²) >= 11 is 0. The van der Waals surface area contributed by atoms with E-state index in [1.165, 1.54) is 12.1 Å². The average molecular weight is 308 g/mol. The zero-order chi connectivity index (χ0) is 16.3. The number of pyridine rings is 1. The molecule has 1 heterocycles. The fourth-order valence-corrected chi connectivity index (χ4v) is 2.01. The molecule has 0 atom stereocenters. The summed E-state index contributed by atoms with van der Waals surface area (Å²) in [5.74, 6) is 0.276. The van der Waals surface area contributed by atoms with Gasteiger partial charge in [-0.2, -0.15) is 0 Å². The topological polar surface area (TPSA) is 65.3 Å². The summed E-state index contributed by atoms with van der Waals surface area (Å²) in [5.41, 5.74) is 0.507. The van der Waals surface area contributed by atoms with Crippen molar-refractivity contribution in [3.8, 4) is 5.88 Å². The molecule has 0 spiro atoms. The van der Waals surface area contributed by atoms with E-state index in [9.17, 15) is 18.9 Å². The van der Waals surface area contributed by atoms with Gasteiger partial charge in [-0.05, 0) is 19.9 Å². The van der Waals surface area contributed by atoms with Crippen LogP contribution in [0, 0.1) is 24.0 Å². The number of nitrogens with zero attached hydrogens (tertiary/aromatic N) is 2. The number of rotatable bonds is 5. The van der Waals surface area contributed by atoms with Gasteiger partial charge in [0.25, 0.3) is 12.1 Å². The minimum atomic E-state index is -2.81. The van der Waals surface area contributed by atoms with Gasteiger partial charge in [0, 0.05) is 22.9 Å². The molecule has 0 aliphatic carbocycles. The summed E-state index contributed by atoms with van der Waals surface area (Å²) < 4.78 is 31.5. The predicted molar refractivity (Wildman–Crippen MR) is 76.1 cm³/mol. The van der Waals surface area contributed by atoms with Crippen molar-refractivity contribution in [1.82, 2.24) is 4.98 Å². The first-order valence-corrected chi connectivity index (χ1v) is 6.51. The van der Waals surface area contributed by atoms with Gasteiger partial charge < -0.3 is 4.74 Å². The molecule has 0 aliphatic heterocycles. The molecule has 22 heavy (non-hydrogen) atoms. The average Bonchev–Trinajstić information content (AvgIpc) is 2.47. The second-order valence-electron chi connectivity index (χ2n) is 4.77. The van der Waals surface area contributed by atoms with Crippen LogP contribution in [-0.4, -0.2) is 9.91 Å². The van der Waals surface area contributed by atoms with Gasteiger partial charge in [-0.15, -0.1) is 0 Å². The van der Waals surface area contributed by atoms with E-state index in [1.54, 1.807) is 26.0 Å². The Morgan fingerprint density at radius 3 is 2.64 bits per heavy atom. The van der Waals surface area contributed by atoms with Gasteiger partial charge in [-0.25, -0.2) is 13.8 Å². The van der Waals surface area contributed by atoms with E-state index >= 15 is 0 Å². The van der Waals surface area contributed by atoms with Crippen molar-refractivity contribution in [3.05, 3.63) is 62.8 Å². The molecule has 0 N–H and O–H groups in total. The third kappa shape index (κ3) is 3.36. The van der Waals surface area contributed by atoms with Crippen LogP contribution in [0.25, 0.3) is 0 Å². The smallest absolute Gasteiger partial charge is 0.276 e. The lowest BCUT2D eigenvalue weighted by Gasteiger charge is -2.12. The summed E-state index contributed by atoms with van der Waals surface area (Å²) in [7, 11) is 0. The van der Waals surface area contributed by atoms with Crippen molar-refractivity contribution in [3.63, 3.8) is 0 Å². The normalized spacial score (nSPS) is 10.8. The number of hydrogen-bond donors (Lipinski definition) is 0. The molecule has 0 saturated heterocycles. The van der Waals surface area contributed by atoms with E-state index in [0.717, 1.165) is 11.6 Å². The van der Waals surface area contributed by atoms with Crippen molar-refractivity contribution in [2.75, 3.05) is 0 Å². The molecule has 0 saturated carbocycles. The minimum absolute atomic E-state index is 0.134. The first-order valence-electron chi connectivity index (χ1n) is 6.51. The molecule has 1 aromatic heterocycles. The van der Waals surface area contributed by atoms with Crippen molar-refractivity contribution in [1.29, 1.82) is 0 Å². The standard InChI is InChI=1S/C15H14F2N2O3/c1-9-6-7-10(2)18-15(9)22-8-12-11(14(16)17)4-3-5-13(12)19(20)21/h3-7,14H,8H2,1-2H3. The Morgan fingerprint density at radius 2 is 2.00 bits per heavy atom. The maximum absolute atomic E-state index is 13.0. The number of benzene rings is 1. The van der Waals surface area contributed by atoms with Gasteiger partial charge in [0.15, 0.2) is 0 Å². The third-order valence-corrected chi connectivity index (χ3v) is 3.16. The zero-order valence-corrected chi connectivity index (χ0v) is 12.0. The Kier molecular flexibility index (Phi) is 4.65. The SMILES string of the molecule is Cc1ccc(C)c(OCc2c(C(F)F)cccc2[N+](=O)[O-])n1. The zero-order valence-electron chi connectivity index (χ0n) is 12.0. The molecule has 7 heteroatoms. The maximum Gasteiger partial charge on any atom is 0.276 e. The van der Waals surface area contributed by atoms with Crippen molar-refractivity contribution < 1.29 is 18.4 Å². The fourth-order valence-electron chi connectivity index (χ4n) is 2.01. The number of nitro benzene ring substituents is 1. The summed E-state index contributed by atoms with van der Waals surface area (Å²) in [6.45, 7) is 3.19. The summed E-state index contributed by atoms with van der Waals surface area (Å²) in [5, 5.41) is 11.0. The number of hydrogen-bond acceptors (Lipinski definition) is 4. The number of alkyl halides is 2. The monoisotopic (exact) mass is 308 g/mol. The number of ether oxygens (including phenoxy) is 1. The number of aryl methyl sites for hydroxylation is 2. The molecule has 116 valence electrons. The molecular formula is C15H14F2N2O3. The quantitative estimate of drug-likeness (QED) is 0.615. The molecule has 2 aromatic rings. The number of halogens is 2. The maximum atomic E-state index is 13.0. The molecule has 0 aliphatic rings. The van der Waals surface area contributed by atoms with E-state index < -0.39 is 16.9 Å². The van der Waals surface area contributed by atoms with Crippen LogP contribution in [0.5, 0.6) is 5.88 Å². The van der Waals surface area contributed by atoms with Crippen LogP contribution in [0.1, 0.15) is 28.8 Å². The largest absolute Gasteiger partial charge is 0.472 e. The van der Waals surface area contributed by atoms with E-state index in [-0.39, 0.29) is 23.7 Å². The summed E-state index contributed by atoms with van der Waals surface area (Å²) in [6, 6.07) is 7.15. The molecule has 0 amide bonds.